The second-order valence-electron chi connectivity index (χ2n) is 4.73. The smallest absolute Gasteiger partial charge is 0.255 e. The van der Waals surface area contributed by atoms with E-state index in [1.807, 2.05) is 26.0 Å². The molecule has 1 aromatic carbocycles. The Kier molecular flexibility index (Phi) is 4.23. The monoisotopic (exact) mass is 338 g/mol. The van der Waals surface area contributed by atoms with Gasteiger partial charge < -0.3 is 4.90 Å². The topological polar surface area (TPSA) is 66.5 Å². The van der Waals surface area contributed by atoms with Gasteiger partial charge in [-0.1, -0.05) is 28.9 Å². The minimum atomic E-state index is -0.599. The fraction of sp³-hybridized carbons (Fsp3) is 0.357. The van der Waals surface area contributed by atoms with Crippen molar-refractivity contribution in [3.8, 4) is 0 Å². The van der Waals surface area contributed by atoms with Gasteiger partial charge in [-0.05, 0) is 31.0 Å². The number of nitrogens with one attached hydrogen (secondary N) is 1. The summed E-state index contributed by atoms with van der Waals surface area (Å²) in [5, 5.41) is 2.26. The maximum atomic E-state index is 12.6. The van der Waals surface area contributed by atoms with Gasteiger partial charge in [-0.3, -0.25) is 19.7 Å². The van der Waals surface area contributed by atoms with Crippen molar-refractivity contribution in [1.29, 1.82) is 0 Å². The van der Waals surface area contributed by atoms with E-state index in [1.165, 1.54) is 4.90 Å². The molecular weight excluding hydrogens is 324 g/mol. The molecule has 3 amide bonds. The molecule has 1 aliphatic rings. The van der Waals surface area contributed by atoms with Gasteiger partial charge in [0, 0.05) is 10.0 Å². The summed E-state index contributed by atoms with van der Waals surface area (Å²) in [6, 6.07) is 4.78. The highest BCUT2D eigenvalue weighted by molar-refractivity contribution is 9.10. The Morgan fingerprint density at radius 1 is 1.45 bits per heavy atom. The fourth-order valence-electron chi connectivity index (χ4n) is 2.27. The highest BCUT2D eigenvalue weighted by Crippen LogP contribution is 2.20. The molecule has 0 aromatic heterocycles. The molecule has 106 valence electrons. The molecule has 1 N–H and O–H groups in total. The van der Waals surface area contributed by atoms with Crippen LogP contribution in [0.2, 0.25) is 0 Å². The molecule has 1 unspecified atom stereocenters. The number of imide groups is 1. The number of benzene rings is 1. The molecule has 6 heteroatoms. The molecule has 0 bridgehead atoms. The SMILES string of the molecule is CCC1C(=O)NC(=O)CN1C(=O)c1cc(Br)ccc1C. The first-order chi connectivity index (χ1) is 9.43. The quantitative estimate of drug-likeness (QED) is 0.833. The zero-order chi connectivity index (χ0) is 14.9. The minimum absolute atomic E-state index is 0.0883. The first-order valence-electron chi connectivity index (χ1n) is 6.35. The number of hydrogen-bond acceptors (Lipinski definition) is 3. The molecule has 5 nitrogen and oxygen atoms in total. The van der Waals surface area contributed by atoms with Crippen molar-refractivity contribution >= 4 is 33.7 Å². The Balaban J connectivity index is 2.37. The lowest BCUT2D eigenvalue weighted by molar-refractivity contribution is -0.138. The van der Waals surface area contributed by atoms with Crippen molar-refractivity contribution in [2.45, 2.75) is 26.3 Å². The van der Waals surface area contributed by atoms with Gasteiger partial charge in [-0.15, -0.1) is 0 Å². The van der Waals surface area contributed by atoms with E-state index in [1.54, 1.807) is 6.07 Å². The maximum Gasteiger partial charge on any atom is 0.255 e. The Morgan fingerprint density at radius 2 is 2.15 bits per heavy atom. The number of halogens is 1. The number of piperazine rings is 1. The third-order valence-corrected chi connectivity index (χ3v) is 3.83. The number of rotatable bonds is 2. The number of amides is 3. The summed E-state index contributed by atoms with van der Waals surface area (Å²) >= 11 is 3.33. The van der Waals surface area contributed by atoms with E-state index in [4.69, 9.17) is 0 Å². The van der Waals surface area contributed by atoms with Crippen molar-refractivity contribution in [3.63, 3.8) is 0 Å². The molecule has 1 aliphatic heterocycles. The molecule has 0 radical (unpaired) electrons. The zero-order valence-electron chi connectivity index (χ0n) is 11.3. The third kappa shape index (κ3) is 2.75. The number of hydrogen-bond donors (Lipinski definition) is 1. The summed E-state index contributed by atoms with van der Waals surface area (Å²) in [5.41, 5.74) is 1.31. The molecule has 20 heavy (non-hydrogen) atoms. The van der Waals surface area contributed by atoms with E-state index in [-0.39, 0.29) is 12.5 Å². The third-order valence-electron chi connectivity index (χ3n) is 3.33. The van der Waals surface area contributed by atoms with Crippen LogP contribution in [0.15, 0.2) is 22.7 Å². The summed E-state index contributed by atoms with van der Waals surface area (Å²) in [6.07, 6.45) is 0.470. The lowest BCUT2D eigenvalue weighted by Gasteiger charge is -2.33. The molecule has 1 aromatic rings. The van der Waals surface area contributed by atoms with Crippen LogP contribution in [0.3, 0.4) is 0 Å². The van der Waals surface area contributed by atoms with E-state index in [2.05, 4.69) is 21.2 Å². The summed E-state index contributed by atoms with van der Waals surface area (Å²) in [4.78, 5) is 37.2. The summed E-state index contributed by atoms with van der Waals surface area (Å²) in [5.74, 6) is -1.15. The molecule has 1 heterocycles. The van der Waals surface area contributed by atoms with Crippen molar-refractivity contribution in [1.82, 2.24) is 10.2 Å². The van der Waals surface area contributed by atoms with E-state index in [9.17, 15) is 14.4 Å². The summed E-state index contributed by atoms with van der Waals surface area (Å²) in [6.45, 7) is 3.55. The molecule has 2 rings (SSSR count). The largest absolute Gasteiger partial charge is 0.317 e. The van der Waals surface area contributed by atoms with Crippen LogP contribution < -0.4 is 5.32 Å². The standard InChI is InChI=1S/C14H15BrN2O3/c1-3-11-13(19)16-12(18)7-17(11)14(20)10-6-9(15)5-4-8(10)2/h4-6,11H,3,7H2,1-2H3,(H,16,18,19). The van der Waals surface area contributed by atoms with Crippen LogP contribution in [0.5, 0.6) is 0 Å². The van der Waals surface area contributed by atoms with Crippen LogP contribution in [0.1, 0.15) is 29.3 Å². The van der Waals surface area contributed by atoms with E-state index in [0.717, 1.165) is 10.0 Å². The lowest BCUT2D eigenvalue weighted by Crippen LogP contribution is -2.59. The van der Waals surface area contributed by atoms with E-state index in [0.29, 0.717) is 12.0 Å². The molecule has 1 fully saturated rings. The van der Waals surface area contributed by atoms with Crippen LogP contribution in [0, 0.1) is 6.92 Å². The number of carbonyl (C=O) groups is 3. The van der Waals surface area contributed by atoms with Crippen LogP contribution in [0.4, 0.5) is 0 Å². The second kappa shape index (κ2) is 5.75. The summed E-state index contributed by atoms with van der Waals surface area (Å²) in [7, 11) is 0. The van der Waals surface area contributed by atoms with Crippen LogP contribution >= 0.6 is 15.9 Å². The zero-order valence-corrected chi connectivity index (χ0v) is 12.9. The molecule has 0 spiro atoms. The van der Waals surface area contributed by atoms with Gasteiger partial charge in [-0.25, -0.2) is 0 Å². The number of carbonyl (C=O) groups excluding carboxylic acids is 3. The Labute approximate surface area is 125 Å². The molecule has 0 saturated carbocycles. The fourth-order valence-corrected chi connectivity index (χ4v) is 2.63. The van der Waals surface area contributed by atoms with Gasteiger partial charge in [-0.2, -0.15) is 0 Å². The predicted octanol–water partition coefficient (Wildman–Crippen LogP) is 1.63. The number of aryl methyl sites for hydroxylation is 1. The minimum Gasteiger partial charge on any atom is -0.317 e. The van der Waals surface area contributed by atoms with Crippen LogP contribution in [0.25, 0.3) is 0 Å². The van der Waals surface area contributed by atoms with Gasteiger partial charge in [0.05, 0.1) is 0 Å². The van der Waals surface area contributed by atoms with Gasteiger partial charge in [0.25, 0.3) is 5.91 Å². The van der Waals surface area contributed by atoms with Crippen molar-refractivity contribution in [3.05, 3.63) is 33.8 Å². The van der Waals surface area contributed by atoms with Crippen LogP contribution in [-0.2, 0) is 9.59 Å². The highest BCUT2D eigenvalue weighted by atomic mass is 79.9. The first-order valence-corrected chi connectivity index (χ1v) is 7.14. The van der Waals surface area contributed by atoms with E-state index >= 15 is 0 Å². The molecule has 0 aliphatic carbocycles. The number of nitrogens with zero attached hydrogens (tertiary/aromatic N) is 1. The van der Waals surface area contributed by atoms with Crippen molar-refractivity contribution < 1.29 is 14.4 Å². The lowest BCUT2D eigenvalue weighted by atomic mass is 10.0. The molecule has 1 saturated heterocycles. The van der Waals surface area contributed by atoms with E-state index < -0.39 is 17.9 Å². The molecule has 1 atom stereocenters. The molecular formula is C14H15BrN2O3. The van der Waals surface area contributed by atoms with Gasteiger partial charge in [0.2, 0.25) is 11.8 Å². The normalized spacial score (nSPS) is 18.9. The second-order valence-corrected chi connectivity index (χ2v) is 5.64. The van der Waals surface area contributed by atoms with Gasteiger partial charge in [0.1, 0.15) is 12.6 Å². The Hall–Kier alpha value is -1.69. The first kappa shape index (κ1) is 14.7. The van der Waals surface area contributed by atoms with Crippen molar-refractivity contribution in [2.75, 3.05) is 6.54 Å². The van der Waals surface area contributed by atoms with Gasteiger partial charge in [0.15, 0.2) is 0 Å². The van der Waals surface area contributed by atoms with Gasteiger partial charge >= 0.3 is 0 Å². The van der Waals surface area contributed by atoms with Crippen molar-refractivity contribution in [2.24, 2.45) is 0 Å². The predicted molar refractivity (Wildman–Crippen MR) is 77.1 cm³/mol. The summed E-state index contributed by atoms with van der Waals surface area (Å²) < 4.78 is 0.785. The van der Waals surface area contributed by atoms with Crippen LogP contribution in [-0.4, -0.2) is 35.2 Å². The Bertz CT molecular complexity index is 586. The highest BCUT2D eigenvalue weighted by Gasteiger charge is 2.36. The maximum absolute atomic E-state index is 12.6. The average Bonchev–Trinajstić information content (AvgIpc) is 2.40. The Morgan fingerprint density at radius 3 is 2.80 bits per heavy atom. The average molecular weight is 339 g/mol.